The Morgan fingerprint density at radius 2 is 2.07 bits per heavy atom. The van der Waals surface area contributed by atoms with Crippen LogP contribution in [-0.2, 0) is 6.42 Å². The number of hydrogen-bond donors (Lipinski definition) is 2. The molecule has 0 saturated carbocycles. The van der Waals surface area contributed by atoms with E-state index in [4.69, 9.17) is 4.74 Å². The summed E-state index contributed by atoms with van der Waals surface area (Å²) >= 11 is 0. The van der Waals surface area contributed by atoms with Crippen molar-refractivity contribution >= 4 is 11.6 Å². The molecule has 0 atom stereocenters. The van der Waals surface area contributed by atoms with E-state index in [9.17, 15) is 4.79 Å². The lowest BCUT2D eigenvalue weighted by atomic mass is 9.97. The number of carbonyl (C=O) groups excluding carboxylic acids is 1. The fourth-order valence-electron chi connectivity index (χ4n) is 3.41. The van der Waals surface area contributed by atoms with Gasteiger partial charge in [-0.3, -0.25) is 9.78 Å². The molecule has 1 heterocycles. The maximum absolute atomic E-state index is 12.4. The van der Waals surface area contributed by atoms with Gasteiger partial charge < -0.3 is 15.4 Å². The molecule has 28 heavy (non-hydrogen) atoms. The number of pyridine rings is 1. The molecule has 1 amide bonds. The smallest absolute Gasteiger partial charge is 0.252 e. The number of nitrogens with one attached hydrogen (secondary N) is 2. The first-order chi connectivity index (χ1) is 13.7. The summed E-state index contributed by atoms with van der Waals surface area (Å²) in [5.41, 5.74) is 4.11. The zero-order valence-corrected chi connectivity index (χ0v) is 16.5. The largest absolute Gasteiger partial charge is 0.497 e. The molecule has 1 aromatic heterocycles. The highest BCUT2D eigenvalue weighted by molar-refractivity contribution is 5.94. The molecular formula is C23H29N3O2. The van der Waals surface area contributed by atoms with E-state index in [1.807, 2.05) is 24.3 Å². The summed E-state index contributed by atoms with van der Waals surface area (Å²) in [7, 11) is 1.67. The van der Waals surface area contributed by atoms with E-state index in [-0.39, 0.29) is 5.91 Å². The number of hydrogen-bond acceptors (Lipinski definition) is 4. The molecule has 0 radical (unpaired) electrons. The standard InChI is InChI=1S/C23H29N3O2/c1-28-22-9-5-8-19(14-22)11-12-25-21-15-20(16-24-17-21)23(27)26-13-10-18-6-3-2-4-7-18/h5-6,8-9,14-17,25H,2-4,7,10-13H2,1H3,(H,26,27). The molecule has 1 aliphatic rings. The molecule has 0 fully saturated rings. The number of rotatable bonds is 9. The molecule has 148 valence electrons. The Bertz CT molecular complexity index is 817. The van der Waals surface area contributed by atoms with Gasteiger partial charge in [-0.15, -0.1) is 0 Å². The van der Waals surface area contributed by atoms with Crippen LogP contribution in [0.5, 0.6) is 5.75 Å². The third-order valence-corrected chi connectivity index (χ3v) is 4.99. The van der Waals surface area contributed by atoms with Crippen LogP contribution in [0.2, 0.25) is 0 Å². The van der Waals surface area contributed by atoms with Crippen LogP contribution >= 0.6 is 0 Å². The van der Waals surface area contributed by atoms with E-state index in [1.54, 1.807) is 19.5 Å². The minimum atomic E-state index is -0.0691. The predicted molar refractivity (Wildman–Crippen MR) is 113 cm³/mol. The maximum atomic E-state index is 12.4. The van der Waals surface area contributed by atoms with Crippen molar-refractivity contribution in [1.29, 1.82) is 0 Å². The highest BCUT2D eigenvalue weighted by Gasteiger charge is 2.08. The lowest BCUT2D eigenvalue weighted by molar-refractivity contribution is 0.0953. The van der Waals surface area contributed by atoms with Crippen molar-refractivity contribution in [1.82, 2.24) is 10.3 Å². The second-order valence-corrected chi connectivity index (χ2v) is 7.10. The lowest BCUT2D eigenvalue weighted by Crippen LogP contribution is -2.25. The van der Waals surface area contributed by atoms with Gasteiger partial charge in [0.1, 0.15) is 5.75 Å². The summed E-state index contributed by atoms with van der Waals surface area (Å²) in [5.74, 6) is 0.794. The van der Waals surface area contributed by atoms with Gasteiger partial charge in [0.05, 0.1) is 18.4 Å². The molecule has 0 bridgehead atoms. The van der Waals surface area contributed by atoms with Crippen LogP contribution < -0.4 is 15.4 Å². The van der Waals surface area contributed by atoms with Crippen molar-refractivity contribution in [2.24, 2.45) is 0 Å². The van der Waals surface area contributed by atoms with E-state index in [1.165, 1.54) is 36.8 Å². The van der Waals surface area contributed by atoms with Crippen LogP contribution in [0.1, 0.15) is 48.0 Å². The molecule has 3 rings (SSSR count). The molecule has 0 spiro atoms. The Labute approximate surface area is 167 Å². The summed E-state index contributed by atoms with van der Waals surface area (Å²) in [6.45, 7) is 1.44. The van der Waals surface area contributed by atoms with Gasteiger partial charge >= 0.3 is 0 Å². The summed E-state index contributed by atoms with van der Waals surface area (Å²) in [6.07, 6.45) is 12.4. The van der Waals surface area contributed by atoms with Gasteiger partial charge in [0.25, 0.3) is 5.91 Å². The highest BCUT2D eigenvalue weighted by atomic mass is 16.5. The second-order valence-electron chi connectivity index (χ2n) is 7.10. The fourth-order valence-corrected chi connectivity index (χ4v) is 3.41. The van der Waals surface area contributed by atoms with Crippen molar-refractivity contribution < 1.29 is 9.53 Å². The summed E-state index contributed by atoms with van der Waals surface area (Å²) < 4.78 is 5.25. The fraction of sp³-hybridized carbons (Fsp3) is 0.391. The number of carbonyl (C=O) groups is 1. The molecule has 5 heteroatoms. The molecule has 0 saturated heterocycles. The average molecular weight is 380 g/mol. The molecular weight excluding hydrogens is 350 g/mol. The number of aromatic nitrogens is 1. The predicted octanol–water partition coefficient (Wildman–Crippen LogP) is 4.37. The summed E-state index contributed by atoms with van der Waals surface area (Å²) in [4.78, 5) is 16.6. The third kappa shape index (κ3) is 6.12. The second kappa shape index (κ2) is 10.5. The quantitative estimate of drug-likeness (QED) is 0.635. The average Bonchev–Trinajstić information content (AvgIpc) is 2.75. The van der Waals surface area contributed by atoms with Gasteiger partial charge in [-0.2, -0.15) is 0 Å². The third-order valence-electron chi connectivity index (χ3n) is 4.99. The van der Waals surface area contributed by atoms with Crippen molar-refractivity contribution in [3.8, 4) is 5.75 Å². The molecule has 0 aliphatic heterocycles. The number of anilines is 1. The van der Waals surface area contributed by atoms with Gasteiger partial charge in [-0.1, -0.05) is 23.8 Å². The van der Waals surface area contributed by atoms with E-state index in [2.05, 4.69) is 27.8 Å². The number of benzene rings is 1. The number of amides is 1. The number of allylic oxidation sites excluding steroid dienone is 1. The van der Waals surface area contributed by atoms with Gasteiger partial charge in [0.15, 0.2) is 0 Å². The van der Waals surface area contributed by atoms with Gasteiger partial charge in [0, 0.05) is 25.5 Å². The van der Waals surface area contributed by atoms with Gasteiger partial charge in [-0.05, 0) is 62.3 Å². The maximum Gasteiger partial charge on any atom is 0.252 e. The van der Waals surface area contributed by atoms with Crippen molar-refractivity contribution in [3.05, 3.63) is 65.5 Å². The zero-order valence-electron chi connectivity index (χ0n) is 16.5. The van der Waals surface area contributed by atoms with Crippen LogP contribution in [0.4, 0.5) is 5.69 Å². The van der Waals surface area contributed by atoms with E-state index >= 15 is 0 Å². The Morgan fingerprint density at radius 1 is 1.14 bits per heavy atom. The zero-order chi connectivity index (χ0) is 19.6. The summed E-state index contributed by atoms with van der Waals surface area (Å²) in [5, 5.41) is 6.35. The Morgan fingerprint density at radius 3 is 2.89 bits per heavy atom. The van der Waals surface area contributed by atoms with Crippen molar-refractivity contribution in [2.75, 3.05) is 25.5 Å². The lowest BCUT2D eigenvalue weighted by Gasteiger charge is -2.13. The van der Waals surface area contributed by atoms with Gasteiger partial charge in [-0.25, -0.2) is 0 Å². The molecule has 1 aromatic carbocycles. The minimum absolute atomic E-state index is 0.0691. The number of nitrogens with zero attached hydrogens (tertiary/aromatic N) is 1. The van der Waals surface area contributed by atoms with Crippen LogP contribution in [0.25, 0.3) is 0 Å². The molecule has 5 nitrogen and oxygen atoms in total. The Kier molecular flexibility index (Phi) is 7.47. The van der Waals surface area contributed by atoms with Gasteiger partial charge in [0.2, 0.25) is 0 Å². The monoisotopic (exact) mass is 379 g/mol. The van der Waals surface area contributed by atoms with Crippen LogP contribution in [0.15, 0.2) is 54.4 Å². The Hall–Kier alpha value is -2.82. The van der Waals surface area contributed by atoms with Crippen LogP contribution in [0.3, 0.4) is 0 Å². The first kappa shape index (κ1) is 19.9. The normalized spacial score (nSPS) is 13.5. The first-order valence-corrected chi connectivity index (χ1v) is 10.0. The van der Waals surface area contributed by atoms with E-state index in [0.29, 0.717) is 12.1 Å². The Balaban J connectivity index is 1.46. The number of methoxy groups -OCH3 is 1. The van der Waals surface area contributed by atoms with E-state index in [0.717, 1.165) is 30.8 Å². The summed E-state index contributed by atoms with van der Waals surface area (Å²) in [6, 6.07) is 9.89. The van der Waals surface area contributed by atoms with Crippen LogP contribution in [0, 0.1) is 0 Å². The van der Waals surface area contributed by atoms with Crippen molar-refractivity contribution in [3.63, 3.8) is 0 Å². The highest BCUT2D eigenvalue weighted by Crippen LogP contribution is 2.19. The molecule has 1 aliphatic carbocycles. The van der Waals surface area contributed by atoms with E-state index < -0.39 is 0 Å². The topological polar surface area (TPSA) is 63.2 Å². The van der Waals surface area contributed by atoms with Crippen molar-refractivity contribution in [2.45, 2.75) is 38.5 Å². The molecule has 2 N–H and O–H groups in total. The molecule has 0 unspecified atom stereocenters. The minimum Gasteiger partial charge on any atom is -0.497 e. The van der Waals surface area contributed by atoms with Crippen LogP contribution in [-0.4, -0.2) is 31.1 Å². The number of ether oxygens (including phenoxy) is 1. The SMILES string of the molecule is COc1cccc(CCNc2cncc(C(=O)NCCC3=CCCCC3)c2)c1. The molecule has 2 aromatic rings. The first-order valence-electron chi connectivity index (χ1n) is 10.0.